The van der Waals surface area contributed by atoms with E-state index in [0.717, 1.165) is 37.4 Å². The first-order valence-corrected chi connectivity index (χ1v) is 8.14. The molecule has 2 aliphatic rings. The van der Waals surface area contributed by atoms with Crippen molar-refractivity contribution >= 4 is 17.8 Å². The van der Waals surface area contributed by atoms with Gasteiger partial charge in [-0.25, -0.2) is 0 Å². The maximum atomic E-state index is 6.01. The van der Waals surface area contributed by atoms with Crippen LogP contribution in [0.25, 0.3) is 0 Å². The molecule has 2 aliphatic heterocycles. The molecule has 0 amide bonds. The van der Waals surface area contributed by atoms with Crippen LogP contribution in [0.5, 0.6) is 0 Å². The van der Waals surface area contributed by atoms with Crippen LogP contribution in [-0.2, 0) is 4.74 Å². The highest BCUT2D eigenvalue weighted by Gasteiger charge is 2.40. The molecule has 0 radical (unpaired) electrons. The molecule has 3 rings (SSSR count). The fraction of sp³-hybridized carbons (Fsp3) is 0.846. The molecule has 0 aliphatic carbocycles. The lowest BCUT2D eigenvalue weighted by molar-refractivity contribution is -0.0630. The highest BCUT2D eigenvalue weighted by molar-refractivity contribution is 7.99. The first kappa shape index (κ1) is 13.2. The van der Waals surface area contributed by atoms with Crippen molar-refractivity contribution in [2.45, 2.75) is 50.7 Å². The fourth-order valence-corrected chi connectivity index (χ4v) is 4.10. The molecule has 2 saturated heterocycles. The van der Waals surface area contributed by atoms with Crippen LogP contribution in [0.3, 0.4) is 0 Å². The quantitative estimate of drug-likeness (QED) is 0.920. The van der Waals surface area contributed by atoms with E-state index in [1.165, 1.54) is 5.75 Å². The second kappa shape index (κ2) is 5.32. The van der Waals surface area contributed by atoms with Crippen molar-refractivity contribution in [3.8, 4) is 0 Å². The van der Waals surface area contributed by atoms with Gasteiger partial charge in [0, 0.05) is 24.3 Å². The number of hydrogen-bond donors (Lipinski definition) is 1. The molecular weight excluding hydrogens is 262 g/mol. The van der Waals surface area contributed by atoms with E-state index in [4.69, 9.17) is 9.26 Å². The Morgan fingerprint density at radius 1 is 1.47 bits per heavy atom. The van der Waals surface area contributed by atoms with E-state index < -0.39 is 0 Å². The van der Waals surface area contributed by atoms with Crippen molar-refractivity contribution in [3.05, 3.63) is 5.82 Å². The summed E-state index contributed by atoms with van der Waals surface area (Å²) in [6.45, 7) is 4.95. The summed E-state index contributed by atoms with van der Waals surface area (Å²) in [5.74, 6) is 3.39. The zero-order valence-corrected chi connectivity index (χ0v) is 12.3. The topological polar surface area (TPSA) is 60.2 Å². The second-order valence-electron chi connectivity index (χ2n) is 5.78. The number of rotatable bonds is 3. The maximum Gasteiger partial charge on any atom is 0.321 e. The van der Waals surface area contributed by atoms with Gasteiger partial charge in [-0.05, 0) is 25.0 Å². The normalized spacial score (nSPS) is 31.2. The monoisotopic (exact) mass is 283 g/mol. The molecule has 1 N–H and O–H groups in total. The van der Waals surface area contributed by atoms with E-state index in [0.29, 0.717) is 18.0 Å². The Bertz CT molecular complexity index is 429. The van der Waals surface area contributed by atoms with Gasteiger partial charge in [0.25, 0.3) is 0 Å². The Morgan fingerprint density at radius 3 is 3.05 bits per heavy atom. The van der Waals surface area contributed by atoms with Gasteiger partial charge in [0.2, 0.25) is 0 Å². The molecule has 6 heteroatoms. The Balaban J connectivity index is 1.62. The summed E-state index contributed by atoms with van der Waals surface area (Å²) in [7, 11) is 0. The molecule has 2 atom stereocenters. The van der Waals surface area contributed by atoms with Crippen LogP contribution in [0.4, 0.5) is 6.01 Å². The molecule has 1 aromatic heterocycles. The number of ether oxygens (including phenoxy) is 1. The molecule has 0 unspecified atom stereocenters. The third-order valence-electron chi connectivity index (χ3n) is 3.85. The zero-order chi connectivity index (χ0) is 13.3. The standard InChI is InChI=1S/C13H21N3O2S/c1-9(2)11-15-12(18-16-11)14-10-3-5-17-13(7-10)4-6-19-8-13/h9-10H,3-8H2,1-2H3,(H,14,15,16)/t10-,13+/m0/s1. The minimum absolute atomic E-state index is 0.0848. The van der Waals surface area contributed by atoms with Gasteiger partial charge in [0.1, 0.15) is 0 Å². The predicted octanol–water partition coefficient (Wildman–Crippen LogP) is 2.66. The van der Waals surface area contributed by atoms with E-state index >= 15 is 0 Å². The van der Waals surface area contributed by atoms with Gasteiger partial charge in [0.15, 0.2) is 5.82 Å². The summed E-state index contributed by atoms with van der Waals surface area (Å²) < 4.78 is 11.3. The van der Waals surface area contributed by atoms with Crippen molar-refractivity contribution in [3.63, 3.8) is 0 Å². The molecule has 106 valence electrons. The lowest BCUT2D eigenvalue weighted by Crippen LogP contribution is -2.44. The van der Waals surface area contributed by atoms with Gasteiger partial charge < -0.3 is 14.6 Å². The lowest BCUT2D eigenvalue weighted by Gasteiger charge is -2.37. The molecule has 19 heavy (non-hydrogen) atoms. The van der Waals surface area contributed by atoms with Gasteiger partial charge in [-0.1, -0.05) is 19.0 Å². The zero-order valence-electron chi connectivity index (χ0n) is 11.5. The van der Waals surface area contributed by atoms with Crippen molar-refractivity contribution in [2.24, 2.45) is 0 Å². The van der Waals surface area contributed by atoms with Gasteiger partial charge in [-0.2, -0.15) is 16.7 Å². The Labute approximate surface area is 117 Å². The summed E-state index contributed by atoms with van der Waals surface area (Å²) in [4.78, 5) is 4.38. The first-order chi connectivity index (χ1) is 9.17. The first-order valence-electron chi connectivity index (χ1n) is 6.99. The number of hydrogen-bond acceptors (Lipinski definition) is 6. The number of anilines is 1. The molecule has 0 aromatic carbocycles. The highest BCUT2D eigenvalue weighted by atomic mass is 32.2. The number of nitrogens with zero attached hydrogens (tertiary/aromatic N) is 2. The SMILES string of the molecule is CC(C)c1noc(N[C@H]2CCO[C@]3(CCSC3)C2)n1. The highest BCUT2D eigenvalue weighted by Crippen LogP contribution is 2.38. The van der Waals surface area contributed by atoms with Crippen molar-refractivity contribution < 1.29 is 9.26 Å². The van der Waals surface area contributed by atoms with Crippen LogP contribution in [0.15, 0.2) is 4.52 Å². The minimum Gasteiger partial charge on any atom is -0.374 e. The van der Waals surface area contributed by atoms with Crippen molar-refractivity contribution in [2.75, 3.05) is 23.4 Å². The number of aromatic nitrogens is 2. The molecule has 1 spiro atoms. The minimum atomic E-state index is 0.0848. The molecule has 5 nitrogen and oxygen atoms in total. The average Bonchev–Trinajstić information content (AvgIpc) is 3.00. The summed E-state index contributed by atoms with van der Waals surface area (Å²) in [5.41, 5.74) is 0.0848. The lowest BCUT2D eigenvalue weighted by atomic mass is 9.90. The van der Waals surface area contributed by atoms with Crippen LogP contribution in [-0.4, -0.2) is 39.9 Å². The summed E-state index contributed by atoms with van der Waals surface area (Å²) in [6.07, 6.45) is 3.21. The van der Waals surface area contributed by atoms with Crippen LogP contribution in [0.2, 0.25) is 0 Å². The maximum absolute atomic E-state index is 6.01. The molecule has 3 heterocycles. The average molecular weight is 283 g/mol. The van der Waals surface area contributed by atoms with Gasteiger partial charge in [0.05, 0.1) is 5.60 Å². The van der Waals surface area contributed by atoms with E-state index in [1.807, 2.05) is 11.8 Å². The van der Waals surface area contributed by atoms with Crippen LogP contribution in [0, 0.1) is 0 Å². The molecule has 1 aromatic rings. The second-order valence-corrected chi connectivity index (χ2v) is 6.89. The predicted molar refractivity (Wildman–Crippen MR) is 75.7 cm³/mol. The smallest absolute Gasteiger partial charge is 0.321 e. The summed E-state index contributed by atoms with van der Waals surface area (Å²) >= 11 is 1.99. The molecular formula is C13H21N3O2S. The Morgan fingerprint density at radius 2 is 2.37 bits per heavy atom. The van der Waals surface area contributed by atoms with Crippen LogP contribution >= 0.6 is 11.8 Å². The third-order valence-corrected chi connectivity index (χ3v) is 5.07. The van der Waals surface area contributed by atoms with Crippen LogP contribution in [0.1, 0.15) is 44.9 Å². The molecule has 0 bridgehead atoms. The van der Waals surface area contributed by atoms with E-state index in [9.17, 15) is 0 Å². The largest absolute Gasteiger partial charge is 0.374 e. The van der Waals surface area contributed by atoms with Gasteiger partial charge in [-0.3, -0.25) is 0 Å². The third kappa shape index (κ3) is 2.89. The molecule has 0 saturated carbocycles. The van der Waals surface area contributed by atoms with E-state index in [2.05, 4.69) is 29.3 Å². The molecule has 2 fully saturated rings. The van der Waals surface area contributed by atoms with Crippen LogP contribution < -0.4 is 5.32 Å². The summed E-state index contributed by atoms with van der Waals surface area (Å²) in [5, 5.41) is 7.36. The number of thioether (sulfide) groups is 1. The number of nitrogens with one attached hydrogen (secondary N) is 1. The van der Waals surface area contributed by atoms with Crippen molar-refractivity contribution in [1.82, 2.24) is 10.1 Å². The fourth-order valence-electron chi connectivity index (χ4n) is 2.72. The Hall–Kier alpha value is -0.750. The van der Waals surface area contributed by atoms with Crippen molar-refractivity contribution in [1.29, 1.82) is 0 Å². The van der Waals surface area contributed by atoms with Gasteiger partial charge >= 0.3 is 6.01 Å². The van der Waals surface area contributed by atoms with E-state index in [1.54, 1.807) is 0 Å². The summed E-state index contributed by atoms with van der Waals surface area (Å²) in [6, 6.07) is 0.935. The Kier molecular flexibility index (Phi) is 3.71. The van der Waals surface area contributed by atoms with Gasteiger partial charge in [-0.15, -0.1) is 0 Å². The van der Waals surface area contributed by atoms with E-state index in [-0.39, 0.29) is 5.60 Å².